The summed E-state index contributed by atoms with van der Waals surface area (Å²) in [4.78, 5) is 12.8. The first-order valence-electron chi connectivity index (χ1n) is 9.28. The molecule has 27 heavy (non-hydrogen) atoms. The topological polar surface area (TPSA) is 37.2 Å². The standard InChI is InChI=1S/C19H26F3N5/c1-25(2)9-4-11-26-12-8-23-18(26)15-5-3-10-27(14-15)17-7-6-16(13-24-17)19(20,21)22/h6-8,12-13,15H,3-5,9-11,14H2,1-2H3/t15-/m1/s1. The number of rotatable bonds is 6. The van der Waals surface area contributed by atoms with Gasteiger partial charge in [-0.1, -0.05) is 0 Å². The number of imidazole rings is 1. The van der Waals surface area contributed by atoms with Gasteiger partial charge in [-0.3, -0.25) is 0 Å². The molecule has 2 aromatic rings. The third-order valence-electron chi connectivity index (χ3n) is 4.94. The average molecular weight is 381 g/mol. The highest BCUT2D eigenvalue weighted by molar-refractivity contribution is 5.41. The maximum absolute atomic E-state index is 12.7. The Hall–Kier alpha value is -2.09. The Labute approximate surface area is 157 Å². The Kier molecular flexibility index (Phi) is 6.04. The Morgan fingerprint density at radius 1 is 1.22 bits per heavy atom. The quantitative estimate of drug-likeness (QED) is 0.766. The first-order chi connectivity index (χ1) is 12.8. The van der Waals surface area contributed by atoms with E-state index in [2.05, 4.69) is 38.4 Å². The van der Waals surface area contributed by atoms with E-state index >= 15 is 0 Å². The molecule has 0 bridgehead atoms. The van der Waals surface area contributed by atoms with Gasteiger partial charge in [0.1, 0.15) is 11.6 Å². The maximum atomic E-state index is 12.7. The summed E-state index contributed by atoms with van der Waals surface area (Å²) in [5.41, 5.74) is -0.712. The highest BCUT2D eigenvalue weighted by atomic mass is 19.4. The van der Waals surface area contributed by atoms with Crippen molar-refractivity contribution in [2.75, 3.05) is 38.6 Å². The van der Waals surface area contributed by atoms with Crippen LogP contribution in [0, 0.1) is 0 Å². The zero-order valence-corrected chi connectivity index (χ0v) is 15.8. The summed E-state index contributed by atoms with van der Waals surface area (Å²) < 4.78 is 40.4. The molecule has 0 aliphatic carbocycles. The highest BCUT2D eigenvalue weighted by Crippen LogP contribution is 2.31. The van der Waals surface area contributed by atoms with E-state index < -0.39 is 11.7 Å². The number of aromatic nitrogens is 3. The van der Waals surface area contributed by atoms with Crippen LogP contribution >= 0.6 is 0 Å². The summed E-state index contributed by atoms with van der Waals surface area (Å²) in [5.74, 6) is 1.92. The van der Waals surface area contributed by atoms with Crippen LogP contribution in [-0.4, -0.2) is 53.2 Å². The fourth-order valence-electron chi connectivity index (χ4n) is 3.56. The third kappa shape index (κ3) is 5.00. The van der Waals surface area contributed by atoms with E-state index in [4.69, 9.17) is 0 Å². The van der Waals surface area contributed by atoms with Crippen molar-refractivity contribution in [1.82, 2.24) is 19.4 Å². The number of halogens is 3. The van der Waals surface area contributed by atoms with Gasteiger partial charge in [-0.15, -0.1) is 0 Å². The van der Waals surface area contributed by atoms with Crippen LogP contribution in [0.15, 0.2) is 30.7 Å². The molecule has 2 aromatic heterocycles. The normalized spacial score (nSPS) is 18.3. The Morgan fingerprint density at radius 2 is 2.04 bits per heavy atom. The van der Waals surface area contributed by atoms with Crippen molar-refractivity contribution in [3.8, 4) is 0 Å². The van der Waals surface area contributed by atoms with Gasteiger partial charge in [0.05, 0.1) is 5.56 Å². The lowest BCUT2D eigenvalue weighted by Crippen LogP contribution is -2.36. The summed E-state index contributed by atoms with van der Waals surface area (Å²) in [6, 6.07) is 2.57. The van der Waals surface area contributed by atoms with E-state index in [1.165, 1.54) is 6.07 Å². The second-order valence-corrected chi connectivity index (χ2v) is 7.32. The summed E-state index contributed by atoms with van der Waals surface area (Å²) >= 11 is 0. The molecule has 0 unspecified atom stereocenters. The lowest BCUT2D eigenvalue weighted by molar-refractivity contribution is -0.137. The zero-order valence-electron chi connectivity index (χ0n) is 15.8. The minimum absolute atomic E-state index is 0.261. The van der Waals surface area contributed by atoms with Crippen molar-refractivity contribution in [1.29, 1.82) is 0 Å². The molecule has 0 N–H and O–H groups in total. The average Bonchev–Trinajstić information content (AvgIpc) is 3.09. The van der Waals surface area contributed by atoms with Crippen molar-refractivity contribution < 1.29 is 13.2 Å². The number of anilines is 1. The van der Waals surface area contributed by atoms with Crippen molar-refractivity contribution in [2.24, 2.45) is 0 Å². The summed E-state index contributed by atoms with van der Waals surface area (Å²) in [6.45, 7) is 3.46. The second-order valence-electron chi connectivity index (χ2n) is 7.32. The number of hydrogen-bond donors (Lipinski definition) is 0. The molecule has 148 valence electrons. The van der Waals surface area contributed by atoms with Crippen LogP contribution in [0.5, 0.6) is 0 Å². The van der Waals surface area contributed by atoms with Crippen LogP contribution in [0.2, 0.25) is 0 Å². The van der Waals surface area contributed by atoms with Gasteiger partial charge in [-0.2, -0.15) is 13.2 Å². The monoisotopic (exact) mass is 381 g/mol. The van der Waals surface area contributed by atoms with Gasteiger partial charge in [0.25, 0.3) is 0 Å². The van der Waals surface area contributed by atoms with Crippen molar-refractivity contribution in [3.63, 3.8) is 0 Å². The van der Waals surface area contributed by atoms with E-state index in [1.54, 1.807) is 0 Å². The van der Waals surface area contributed by atoms with Gasteiger partial charge in [0.15, 0.2) is 0 Å². The SMILES string of the molecule is CN(C)CCCn1ccnc1[C@@H]1CCCN(c2ccc(C(F)(F)F)cn2)C1. The smallest absolute Gasteiger partial charge is 0.356 e. The molecule has 3 rings (SSSR count). The highest BCUT2D eigenvalue weighted by Gasteiger charge is 2.31. The molecule has 3 heterocycles. The lowest BCUT2D eigenvalue weighted by atomic mass is 9.97. The van der Waals surface area contributed by atoms with E-state index in [-0.39, 0.29) is 5.92 Å². The number of aryl methyl sites for hydroxylation is 1. The Morgan fingerprint density at radius 3 is 2.70 bits per heavy atom. The van der Waals surface area contributed by atoms with E-state index in [0.29, 0.717) is 5.82 Å². The van der Waals surface area contributed by atoms with E-state index in [9.17, 15) is 13.2 Å². The molecular formula is C19H26F3N5. The minimum atomic E-state index is -4.35. The minimum Gasteiger partial charge on any atom is -0.356 e. The number of hydrogen-bond acceptors (Lipinski definition) is 4. The Balaban J connectivity index is 1.67. The number of alkyl halides is 3. The molecule has 0 amide bonds. The fraction of sp³-hybridized carbons (Fsp3) is 0.579. The largest absolute Gasteiger partial charge is 0.417 e. The third-order valence-corrected chi connectivity index (χ3v) is 4.94. The molecule has 1 aliphatic rings. The Bertz CT molecular complexity index is 724. The molecule has 5 nitrogen and oxygen atoms in total. The van der Waals surface area contributed by atoms with Gasteiger partial charge in [0.2, 0.25) is 0 Å². The summed E-state index contributed by atoms with van der Waals surface area (Å²) in [5, 5.41) is 0. The fourth-order valence-corrected chi connectivity index (χ4v) is 3.56. The summed E-state index contributed by atoms with van der Waals surface area (Å²) in [7, 11) is 4.12. The first-order valence-corrected chi connectivity index (χ1v) is 9.28. The maximum Gasteiger partial charge on any atom is 0.417 e. The molecule has 0 radical (unpaired) electrons. The van der Waals surface area contributed by atoms with Gasteiger partial charge >= 0.3 is 6.18 Å². The van der Waals surface area contributed by atoms with Gasteiger partial charge in [-0.25, -0.2) is 9.97 Å². The van der Waals surface area contributed by atoms with Crippen LogP contribution in [0.25, 0.3) is 0 Å². The van der Waals surface area contributed by atoms with Crippen LogP contribution < -0.4 is 4.90 Å². The molecule has 0 spiro atoms. The van der Waals surface area contributed by atoms with Crippen LogP contribution in [-0.2, 0) is 12.7 Å². The predicted octanol–water partition coefficient (Wildman–Crippen LogP) is 3.63. The van der Waals surface area contributed by atoms with Gasteiger partial charge in [-0.05, 0) is 52.0 Å². The molecule has 1 atom stereocenters. The molecule has 0 aromatic carbocycles. The second kappa shape index (κ2) is 8.29. The molecule has 1 fully saturated rings. The van der Waals surface area contributed by atoms with Crippen molar-refractivity contribution in [3.05, 3.63) is 42.1 Å². The number of pyridine rings is 1. The molecular weight excluding hydrogens is 355 g/mol. The van der Waals surface area contributed by atoms with Crippen molar-refractivity contribution in [2.45, 2.75) is 37.9 Å². The van der Waals surface area contributed by atoms with E-state index in [1.807, 2.05) is 12.4 Å². The lowest BCUT2D eigenvalue weighted by Gasteiger charge is -2.33. The number of nitrogens with zero attached hydrogens (tertiary/aromatic N) is 5. The van der Waals surface area contributed by atoms with E-state index in [0.717, 1.165) is 63.5 Å². The van der Waals surface area contributed by atoms with Gasteiger partial charge < -0.3 is 14.4 Å². The molecule has 0 saturated carbocycles. The molecule has 8 heteroatoms. The number of piperidine rings is 1. The molecule has 1 saturated heterocycles. The predicted molar refractivity (Wildman–Crippen MR) is 98.8 cm³/mol. The van der Waals surface area contributed by atoms with Crippen LogP contribution in [0.3, 0.4) is 0 Å². The van der Waals surface area contributed by atoms with Crippen LogP contribution in [0.4, 0.5) is 19.0 Å². The summed E-state index contributed by atoms with van der Waals surface area (Å²) in [6.07, 6.45) is 3.46. The van der Waals surface area contributed by atoms with Crippen LogP contribution in [0.1, 0.15) is 36.6 Å². The van der Waals surface area contributed by atoms with Crippen molar-refractivity contribution >= 4 is 5.82 Å². The van der Waals surface area contributed by atoms with Gasteiger partial charge in [0, 0.05) is 44.1 Å². The first kappa shape index (κ1) is 19.7. The zero-order chi connectivity index (χ0) is 19.4. The molecule has 1 aliphatic heterocycles.